The lowest BCUT2D eigenvalue weighted by Crippen LogP contribution is -2.50. The van der Waals surface area contributed by atoms with E-state index in [0.717, 1.165) is 17.7 Å². The molecule has 1 fully saturated rings. The number of aliphatic hydroxyl groups excluding tert-OH is 1. The van der Waals surface area contributed by atoms with Crippen LogP contribution in [-0.4, -0.2) is 24.9 Å². The Hall–Kier alpha value is -1.06. The zero-order chi connectivity index (χ0) is 14.4. The Kier molecular flexibility index (Phi) is 5.44. The zero-order valence-corrected chi connectivity index (χ0v) is 12.7. The smallest absolute Gasteiger partial charge is 0.118 e. The molecule has 0 spiro atoms. The fraction of sp³-hybridized carbons (Fsp3) is 0.647. The summed E-state index contributed by atoms with van der Waals surface area (Å²) in [6.45, 7) is 2.27. The van der Waals surface area contributed by atoms with Crippen molar-refractivity contribution < 1.29 is 9.84 Å². The summed E-state index contributed by atoms with van der Waals surface area (Å²) in [4.78, 5) is 0. The van der Waals surface area contributed by atoms with Gasteiger partial charge in [-0.15, -0.1) is 0 Å². The molecule has 1 aliphatic carbocycles. The van der Waals surface area contributed by atoms with E-state index in [2.05, 4.69) is 24.4 Å². The Morgan fingerprint density at radius 3 is 2.35 bits per heavy atom. The van der Waals surface area contributed by atoms with Gasteiger partial charge in [-0.2, -0.15) is 0 Å². The number of hydrogen-bond donors (Lipinski definition) is 2. The molecule has 1 aromatic carbocycles. The summed E-state index contributed by atoms with van der Waals surface area (Å²) in [6.07, 6.45) is 7.26. The fourth-order valence-corrected chi connectivity index (χ4v) is 3.19. The molecule has 1 atom stereocenters. The van der Waals surface area contributed by atoms with Gasteiger partial charge >= 0.3 is 0 Å². The fourth-order valence-electron chi connectivity index (χ4n) is 3.19. The van der Waals surface area contributed by atoms with E-state index in [4.69, 9.17) is 4.74 Å². The first-order valence-corrected chi connectivity index (χ1v) is 7.77. The number of rotatable bonds is 6. The van der Waals surface area contributed by atoms with Gasteiger partial charge in [-0.1, -0.05) is 38.3 Å². The molecule has 1 aromatic rings. The lowest BCUT2D eigenvalue weighted by Gasteiger charge is -2.38. The van der Waals surface area contributed by atoms with E-state index in [1.165, 1.54) is 32.1 Å². The average Bonchev–Trinajstić information content (AvgIpc) is 2.54. The second kappa shape index (κ2) is 7.09. The van der Waals surface area contributed by atoms with Crippen LogP contribution in [0.25, 0.3) is 0 Å². The van der Waals surface area contributed by atoms with Gasteiger partial charge in [0, 0.05) is 6.04 Å². The van der Waals surface area contributed by atoms with Crippen molar-refractivity contribution in [2.75, 3.05) is 13.7 Å². The predicted molar refractivity (Wildman–Crippen MR) is 82.1 cm³/mol. The van der Waals surface area contributed by atoms with Crippen LogP contribution in [0.15, 0.2) is 24.3 Å². The highest BCUT2D eigenvalue weighted by molar-refractivity contribution is 5.32. The van der Waals surface area contributed by atoms with E-state index < -0.39 is 0 Å². The van der Waals surface area contributed by atoms with Gasteiger partial charge in [0.2, 0.25) is 0 Å². The number of aliphatic hydroxyl groups is 1. The molecule has 0 aliphatic heterocycles. The van der Waals surface area contributed by atoms with Crippen molar-refractivity contribution in [3.8, 4) is 5.75 Å². The van der Waals surface area contributed by atoms with Crippen LogP contribution >= 0.6 is 0 Å². The van der Waals surface area contributed by atoms with Gasteiger partial charge in [0.25, 0.3) is 0 Å². The van der Waals surface area contributed by atoms with Crippen LogP contribution in [0.4, 0.5) is 0 Å². The van der Waals surface area contributed by atoms with E-state index in [-0.39, 0.29) is 12.1 Å². The first kappa shape index (κ1) is 15.3. The van der Waals surface area contributed by atoms with Crippen LogP contribution in [0.5, 0.6) is 5.75 Å². The molecule has 2 rings (SSSR count). The first-order chi connectivity index (χ1) is 9.74. The molecular formula is C17H27NO2. The van der Waals surface area contributed by atoms with Crippen molar-refractivity contribution in [1.82, 2.24) is 5.32 Å². The predicted octanol–water partition coefficient (Wildman–Crippen LogP) is 3.22. The van der Waals surface area contributed by atoms with E-state index in [0.29, 0.717) is 6.04 Å². The maximum absolute atomic E-state index is 9.99. The summed E-state index contributed by atoms with van der Waals surface area (Å²) in [5.74, 6) is 0.856. The van der Waals surface area contributed by atoms with E-state index in [1.54, 1.807) is 7.11 Å². The molecule has 0 heterocycles. The third kappa shape index (κ3) is 3.33. The van der Waals surface area contributed by atoms with Gasteiger partial charge in [-0.3, -0.25) is 0 Å². The second-order valence-electron chi connectivity index (χ2n) is 5.80. The summed E-state index contributed by atoms with van der Waals surface area (Å²) < 4.78 is 5.22. The van der Waals surface area contributed by atoms with Crippen LogP contribution in [0.3, 0.4) is 0 Å². The molecule has 0 saturated heterocycles. The van der Waals surface area contributed by atoms with E-state index >= 15 is 0 Å². The van der Waals surface area contributed by atoms with Crippen LogP contribution in [0.1, 0.15) is 51.0 Å². The molecule has 112 valence electrons. The Labute approximate surface area is 122 Å². The molecule has 1 saturated carbocycles. The number of methoxy groups -OCH3 is 1. The third-order valence-electron chi connectivity index (χ3n) is 4.60. The average molecular weight is 277 g/mol. The number of hydrogen-bond acceptors (Lipinski definition) is 3. The van der Waals surface area contributed by atoms with Crippen molar-refractivity contribution in [2.24, 2.45) is 0 Å². The van der Waals surface area contributed by atoms with E-state index in [9.17, 15) is 5.11 Å². The molecule has 0 amide bonds. The number of benzene rings is 1. The van der Waals surface area contributed by atoms with Crippen LogP contribution in [-0.2, 0) is 5.54 Å². The topological polar surface area (TPSA) is 41.5 Å². The zero-order valence-electron chi connectivity index (χ0n) is 12.7. The molecule has 2 N–H and O–H groups in total. The molecule has 3 heteroatoms. The highest BCUT2D eigenvalue weighted by Crippen LogP contribution is 2.29. The van der Waals surface area contributed by atoms with Crippen LogP contribution < -0.4 is 10.1 Å². The van der Waals surface area contributed by atoms with Crippen molar-refractivity contribution in [2.45, 2.75) is 57.0 Å². The Bertz CT molecular complexity index is 392. The first-order valence-electron chi connectivity index (χ1n) is 7.77. The molecular weight excluding hydrogens is 250 g/mol. The van der Waals surface area contributed by atoms with Crippen molar-refractivity contribution in [1.29, 1.82) is 0 Å². The molecule has 3 nitrogen and oxygen atoms in total. The number of nitrogens with one attached hydrogen (secondary N) is 1. The Morgan fingerprint density at radius 2 is 1.85 bits per heavy atom. The minimum atomic E-state index is -0.325. The van der Waals surface area contributed by atoms with Crippen molar-refractivity contribution >= 4 is 0 Å². The summed E-state index contributed by atoms with van der Waals surface area (Å²) >= 11 is 0. The summed E-state index contributed by atoms with van der Waals surface area (Å²) in [6, 6.07) is 8.59. The lowest BCUT2D eigenvalue weighted by atomic mass is 9.84. The van der Waals surface area contributed by atoms with Gasteiger partial charge in [0.1, 0.15) is 5.75 Å². The normalized spacial score (nSPS) is 19.6. The summed E-state index contributed by atoms with van der Waals surface area (Å²) in [7, 11) is 1.67. The number of ether oxygens (including phenoxy) is 1. The van der Waals surface area contributed by atoms with Gasteiger partial charge in [0.15, 0.2) is 0 Å². The monoisotopic (exact) mass is 277 g/mol. The third-order valence-corrected chi connectivity index (χ3v) is 4.60. The Balaban J connectivity index is 2.17. The second-order valence-corrected chi connectivity index (χ2v) is 5.80. The van der Waals surface area contributed by atoms with Gasteiger partial charge in [-0.05, 0) is 37.0 Å². The van der Waals surface area contributed by atoms with Crippen molar-refractivity contribution in [3.63, 3.8) is 0 Å². The molecule has 1 aliphatic rings. The lowest BCUT2D eigenvalue weighted by molar-refractivity contribution is 0.132. The highest BCUT2D eigenvalue weighted by atomic mass is 16.5. The Morgan fingerprint density at radius 1 is 1.20 bits per heavy atom. The maximum Gasteiger partial charge on any atom is 0.118 e. The van der Waals surface area contributed by atoms with Crippen LogP contribution in [0.2, 0.25) is 0 Å². The minimum Gasteiger partial charge on any atom is -0.497 e. The molecule has 0 aromatic heterocycles. The minimum absolute atomic E-state index is 0.131. The highest BCUT2D eigenvalue weighted by Gasteiger charge is 2.32. The SMILES string of the molecule is CCC(CO)(NC1CCCCC1)c1ccc(OC)cc1. The summed E-state index contributed by atoms with van der Waals surface area (Å²) in [5.41, 5.74) is 0.822. The summed E-state index contributed by atoms with van der Waals surface area (Å²) in [5, 5.41) is 13.7. The largest absolute Gasteiger partial charge is 0.497 e. The standard InChI is InChI=1S/C17H27NO2/c1-3-17(13-19,18-15-7-5-4-6-8-15)14-9-11-16(20-2)12-10-14/h9-12,15,18-19H,3-8,13H2,1-2H3. The van der Waals surface area contributed by atoms with Crippen molar-refractivity contribution in [3.05, 3.63) is 29.8 Å². The van der Waals surface area contributed by atoms with Gasteiger partial charge < -0.3 is 15.2 Å². The molecule has 20 heavy (non-hydrogen) atoms. The molecule has 0 bridgehead atoms. The molecule has 0 radical (unpaired) electrons. The molecule has 1 unspecified atom stereocenters. The van der Waals surface area contributed by atoms with Gasteiger partial charge in [0.05, 0.1) is 19.3 Å². The van der Waals surface area contributed by atoms with Gasteiger partial charge in [-0.25, -0.2) is 0 Å². The quantitative estimate of drug-likeness (QED) is 0.839. The maximum atomic E-state index is 9.99. The van der Waals surface area contributed by atoms with Crippen LogP contribution in [0, 0.1) is 0 Å². The van der Waals surface area contributed by atoms with E-state index in [1.807, 2.05) is 12.1 Å².